The van der Waals surface area contributed by atoms with Crippen LogP contribution in [0.5, 0.6) is 5.75 Å². The monoisotopic (exact) mass is 475 g/mol. The molecule has 0 spiro atoms. The Labute approximate surface area is 204 Å². The average molecular weight is 476 g/mol. The maximum Gasteiger partial charge on any atom is 0.316 e. The van der Waals surface area contributed by atoms with Gasteiger partial charge in [-0.3, -0.25) is 14.5 Å². The van der Waals surface area contributed by atoms with Gasteiger partial charge in [-0.15, -0.1) is 0 Å². The minimum Gasteiger partial charge on any atom is -0.482 e. The lowest BCUT2D eigenvalue weighted by Crippen LogP contribution is -2.44. The van der Waals surface area contributed by atoms with Crippen LogP contribution in [0.2, 0.25) is 0 Å². The number of benzene rings is 2. The summed E-state index contributed by atoms with van der Waals surface area (Å²) in [5.74, 6) is 0.413. The minimum atomic E-state index is -0.362. The number of nitrogens with one attached hydrogen (secondary N) is 1. The van der Waals surface area contributed by atoms with E-state index in [4.69, 9.17) is 9.26 Å². The molecule has 0 unspecified atom stereocenters. The fraction of sp³-hybridized carbons (Fsp3) is 0.385. The van der Waals surface area contributed by atoms with Crippen LogP contribution in [-0.4, -0.2) is 59.1 Å². The summed E-state index contributed by atoms with van der Waals surface area (Å²) in [6, 6.07) is 15.9. The summed E-state index contributed by atoms with van der Waals surface area (Å²) in [7, 11) is 0. The van der Waals surface area contributed by atoms with Crippen molar-refractivity contribution in [3.05, 3.63) is 60.0 Å². The van der Waals surface area contributed by atoms with Crippen LogP contribution in [0.4, 0.5) is 5.69 Å². The third-order valence-electron chi connectivity index (χ3n) is 6.40. The van der Waals surface area contributed by atoms with Gasteiger partial charge in [-0.2, -0.15) is 4.98 Å². The Morgan fingerprint density at radius 1 is 1.14 bits per heavy atom. The maximum atomic E-state index is 12.7. The molecule has 2 aromatic carbocycles. The Balaban J connectivity index is 1.19. The normalized spacial score (nSPS) is 16.6. The smallest absolute Gasteiger partial charge is 0.316 e. The molecule has 1 aromatic heterocycles. The van der Waals surface area contributed by atoms with E-state index in [0.29, 0.717) is 23.7 Å². The summed E-state index contributed by atoms with van der Waals surface area (Å²) in [5.41, 5.74) is 2.68. The Bertz CT molecular complexity index is 1190. The fourth-order valence-corrected chi connectivity index (χ4v) is 4.57. The number of piperidine rings is 1. The minimum absolute atomic E-state index is 0.000515. The Morgan fingerprint density at radius 3 is 2.71 bits per heavy atom. The number of fused-ring (bicyclic) bond motifs is 1. The van der Waals surface area contributed by atoms with E-state index >= 15 is 0 Å². The summed E-state index contributed by atoms with van der Waals surface area (Å²) in [6.07, 6.45) is 2.59. The van der Waals surface area contributed by atoms with Gasteiger partial charge in [-0.05, 0) is 43.0 Å². The van der Waals surface area contributed by atoms with Crippen LogP contribution < -0.4 is 15.0 Å². The van der Waals surface area contributed by atoms with Gasteiger partial charge < -0.3 is 19.5 Å². The number of amides is 2. The van der Waals surface area contributed by atoms with E-state index in [9.17, 15) is 9.59 Å². The van der Waals surface area contributed by atoms with E-state index < -0.39 is 0 Å². The van der Waals surface area contributed by atoms with Crippen LogP contribution in [0.15, 0.2) is 53.1 Å². The van der Waals surface area contributed by atoms with Crippen molar-refractivity contribution >= 4 is 17.5 Å². The highest BCUT2D eigenvalue weighted by atomic mass is 16.5. The molecule has 5 rings (SSSR count). The molecule has 1 saturated heterocycles. The van der Waals surface area contributed by atoms with Crippen LogP contribution in [0.25, 0.3) is 11.4 Å². The predicted octanol–water partition coefficient (Wildman–Crippen LogP) is 3.27. The van der Waals surface area contributed by atoms with Crippen molar-refractivity contribution < 1.29 is 18.8 Å². The molecule has 0 saturated carbocycles. The van der Waals surface area contributed by atoms with Crippen molar-refractivity contribution in [3.8, 4) is 17.1 Å². The van der Waals surface area contributed by atoms with Gasteiger partial charge in [0.25, 0.3) is 5.91 Å². The fourth-order valence-electron chi connectivity index (χ4n) is 4.57. The highest BCUT2D eigenvalue weighted by Crippen LogP contribution is 2.35. The summed E-state index contributed by atoms with van der Waals surface area (Å²) in [5, 5.41) is 7.02. The standard InChI is InChI=1S/C26H29N5O4/c1-2-12-31-21-9-8-19(15-22(21)34-17-23(31)32)24-28-26(35-29-24)25(33)27-20-10-13-30(14-11-20)16-18-6-4-3-5-7-18/h3-9,15,20H,2,10-14,16-17H2,1H3,(H,27,33). The SMILES string of the molecule is CCCN1C(=O)COc2cc(-c3noc(C(=O)NC4CCN(Cc5ccccc5)CC4)n3)ccc21. The number of hydrogen-bond donors (Lipinski definition) is 1. The summed E-state index contributed by atoms with van der Waals surface area (Å²) in [4.78, 5) is 33.3. The average Bonchev–Trinajstić information content (AvgIpc) is 3.38. The number of ether oxygens (including phenoxy) is 1. The van der Waals surface area contributed by atoms with Gasteiger partial charge in [0.05, 0.1) is 5.69 Å². The molecule has 2 aliphatic rings. The van der Waals surface area contributed by atoms with E-state index in [1.807, 2.05) is 19.1 Å². The van der Waals surface area contributed by atoms with Gasteiger partial charge in [0, 0.05) is 37.8 Å². The lowest BCUT2D eigenvalue weighted by atomic mass is 10.0. The predicted molar refractivity (Wildman–Crippen MR) is 130 cm³/mol. The van der Waals surface area contributed by atoms with Crippen LogP contribution >= 0.6 is 0 Å². The summed E-state index contributed by atoms with van der Waals surface area (Å²) < 4.78 is 10.9. The van der Waals surface area contributed by atoms with E-state index in [1.165, 1.54) is 5.56 Å². The molecule has 1 N–H and O–H groups in total. The number of hydrogen-bond acceptors (Lipinski definition) is 7. The molecule has 2 aliphatic heterocycles. The molecule has 0 radical (unpaired) electrons. The topological polar surface area (TPSA) is 101 Å². The van der Waals surface area contributed by atoms with Crippen molar-refractivity contribution in [1.82, 2.24) is 20.4 Å². The molecule has 3 aromatic rings. The molecule has 9 nitrogen and oxygen atoms in total. The molecular weight excluding hydrogens is 446 g/mol. The first-order chi connectivity index (χ1) is 17.1. The molecule has 0 aliphatic carbocycles. The van der Waals surface area contributed by atoms with Gasteiger partial charge in [0.2, 0.25) is 5.82 Å². The van der Waals surface area contributed by atoms with Crippen LogP contribution in [0.3, 0.4) is 0 Å². The van der Waals surface area contributed by atoms with Gasteiger partial charge in [-0.1, -0.05) is 42.4 Å². The lowest BCUT2D eigenvalue weighted by molar-refractivity contribution is -0.121. The molecule has 35 heavy (non-hydrogen) atoms. The third kappa shape index (κ3) is 5.19. The van der Waals surface area contributed by atoms with Gasteiger partial charge in [0.1, 0.15) is 5.75 Å². The maximum absolute atomic E-state index is 12.7. The van der Waals surface area contributed by atoms with Gasteiger partial charge in [-0.25, -0.2) is 0 Å². The second-order valence-corrected chi connectivity index (χ2v) is 8.95. The van der Waals surface area contributed by atoms with Crippen LogP contribution in [-0.2, 0) is 11.3 Å². The summed E-state index contributed by atoms with van der Waals surface area (Å²) in [6.45, 7) is 5.41. The van der Waals surface area contributed by atoms with Gasteiger partial charge in [0.15, 0.2) is 6.61 Å². The van der Waals surface area contributed by atoms with E-state index in [-0.39, 0.29) is 30.4 Å². The highest BCUT2D eigenvalue weighted by molar-refractivity contribution is 5.98. The molecule has 3 heterocycles. The number of carbonyl (C=O) groups excluding carboxylic acids is 2. The molecule has 2 amide bonds. The van der Waals surface area contributed by atoms with Gasteiger partial charge >= 0.3 is 11.8 Å². The lowest BCUT2D eigenvalue weighted by Gasteiger charge is -2.32. The quantitative estimate of drug-likeness (QED) is 0.560. The number of rotatable bonds is 7. The zero-order valence-electron chi connectivity index (χ0n) is 19.8. The molecular formula is C26H29N5O4. The zero-order chi connectivity index (χ0) is 24.2. The molecule has 0 bridgehead atoms. The molecule has 9 heteroatoms. The first-order valence-electron chi connectivity index (χ1n) is 12.1. The number of anilines is 1. The third-order valence-corrected chi connectivity index (χ3v) is 6.40. The molecule has 182 valence electrons. The van der Waals surface area contributed by atoms with E-state index in [2.05, 4.69) is 44.6 Å². The number of aromatic nitrogens is 2. The van der Waals surface area contributed by atoms with Crippen LogP contribution in [0, 0.1) is 0 Å². The Hall–Kier alpha value is -3.72. The van der Waals surface area contributed by atoms with Crippen molar-refractivity contribution in [3.63, 3.8) is 0 Å². The number of carbonyl (C=O) groups is 2. The van der Waals surface area contributed by atoms with Crippen LogP contribution in [0.1, 0.15) is 42.4 Å². The largest absolute Gasteiger partial charge is 0.482 e. The first kappa shape index (κ1) is 23.0. The summed E-state index contributed by atoms with van der Waals surface area (Å²) >= 11 is 0. The van der Waals surface area contributed by atoms with E-state index in [0.717, 1.165) is 44.6 Å². The van der Waals surface area contributed by atoms with Crippen molar-refractivity contribution in [1.29, 1.82) is 0 Å². The zero-order valence-corrected chi connectivity index (χ0v) is 19.8. The second-order valence-electron chi connectivity index (χ2n) is 8.95. The van der Waals surface area contributed by atoms with Crippen molar-refractivity contribution in [2.24, 2.45) is 0 Å². The highest BCUT2D eigenvalue weighted by Gasteiger charge is 2.27. The van der Waals surface area contributed by atoms with Crippen molar-refractivity contribution in [2.45, 2.75) is 38.8 Å². The van der Waals surface area contributed by atoms with E-state index in [1.54, 1.807) is 17.0 Å². The number of likely N-dealkylation sites (tertiary alicyclic amines) is 1. The molecule has 0 atom stereocenters. The first-order valence-corrected chi connectivity index (χ1v) is 12.1. The van der Waals surface area contributed by atoms with Crippen molar-refractivity contribution in [2.75, 3.05) is 31.1 Å². The Morgan fingerprint density at radius 2 is 1.94 bits per heavy atom. The molecule has 1 fully saturated rings. The second kappa shape index (κ2) is 10.3. The Kier molecular flexibility index (Phi) is 6.76. The number of nitrogens with zero attached hydrogens (tertiary/aromatic N) is 4.